The van der Waals surface area contributed by atoms with Gasteiger partial charge in [0.15, 0.2) is 66.4 Å². The van der Waals surface area contributed by atoms with Gasteiger partial charge >= 0.3 is 0 Å². The van der Waals surface area contributed by atoms with Gasteiger partial charge in [-0.1, -0.05) is 108 Å². The molecular formula is C72H93F3N18O12S3. The Kier molecular flexibility index (Phi) is 11.6. The van der Waals surface area contributed by atoms with Crippen LogP contribution in [0, 0.1) is 38.2 Å². The fourth-order valence-corrected chi connectivity index (χ4v) is 10.6. The number of aliphatic hydroxyl groups excluding tert-OH is 1. The Bertz CT molecular complexity index is 7510. The SMILES string of the molecule is [2H]c1c([2H])c([C@]2([2H])C([2H])([2H])[C@@]2([2H])Nc2nc(SC([2H])([2H])C([2H])([2H])C)nc3c2nnn3[C@]2([2H])C([2H])([2H])[C@]([2H])(OCC([2H])([2H])O)[C@@]([2H])(O)[C@@]2([2H])O)c([2H])c(F)c1C.[2H]c1c([2H])c([C@]2([2H])C([2H])([2H])[C@@]2([2H])Nc2nc(SC([2H])([2H])C([2H])([2H])C)nc3c2nnn3[C@]2([2H])C([2H])([2H])[C@]([2H])(OCCO)[C@@]([2H])(O)[C@@]2([2H])O)c([2H])c(F)c1C.[2H]c1c([2H])c([C@]2([2H])C([2H])([2H])[C@@]2([2H])Nc2nc(SC([2H])([2H])CC)nc3c2nnn3[C@]2([2H])C([2H])([2H])[C@]([2H])(OC([2H])([2H])C([2H])([2H])O)[C@@]([2H])(O)[C@@]2([2H])O)c([2H])c(F)c1C. The molecule has 0 spiro atoms. The van der Waals surface area contributed by atoms with Gasteiger partial charge in [-0.15, -0.1) is 15.3 Å². The van der Waals surface area contributed by atoms with E-state index in [2.05, 4.69) is 81.5 Å². The highest BCUT2D eigenvalue weighted by Gasteiger charge is 2.49. The number of thioether (sulfide) groups is 3. The van der Waals surface area contributed by atoms with Gasteiger partial charge in [0.25, 0.3) is 0 Å². The highest BCUT2D eigenvalue weighted by molar-refractivity contribution is 7.99. The van der Waals surface area contributed by atoms with Crippen molar-refractivity contribution in [1.82, 2.24) is 74.9 Å². The zero-order chi connectivity index (χ0) is 126. The number of halogens is 3. The third-order valence-electron chi connectivity index (χ3n) is 14.4. The van der Waals surface area contributed by atoms with Crippen molar-refractivity contribution < 1.29 is 149 Å². The molecule has 6 saturated carbocycles. The quantitative estimate of drug-likeness (QED) is 0.0168. The maximum atomic E-state index is 15.0. The van der Waals surface area contributed by atoms with Crippen LogP contribution in [0.2, 0.25) is 0 Å². The van der Waals surface area contributed by atoms with Gasteiger partial charge in [0.2, 0.25) is 0 Å². The molecule has 6 aliphatic carbocycles. The normalized spacial score (nSPS) is 51.1. The van der Waals surface area contributed by atoms with Crippen molar-refractivity contribution in [3.8, 4) is 0 Å². The highest BCUT2D eigenvalue weighted by Crippen LogP contribution is 2.48. The minimum absolute atomic E-state index is 0.00183. The average molecular weight is 1610 g/mol. The van der Waals surface area contributed by atoms with E-state index in [1.807, 2.05) is 0 Å². The summed E-state index contributed by atoms with van der Waals surface area (Å²) in [6, 6.07) is -30.1. The summed E-state index contributed by atoms with van der Waals surface area (Å²) in [4.78, 5) is 23.8. The van der Waals surface area contributed by atoms with Crippen LogP contribution in [-0.4, -0.2) is 250 Å². The number of ether oxygens (including phenoxy) is 3. The van der Waals surface area contributed by atoms with E-state index in [1.165, 1.54) is 6.92 Å². The Morgan fingerprint density at radius 2 is 0.824 bits per heavy atom. The number of anilines is 3. The van der Waals surface area contributed by atoms with E-state index in [4.69, 9.17) is 84.9 Å². The zero-order valence-corrected chi connectivity index (χ0v) is 58.1. The summed E-state index contributed by atoms with van der Waals surface area (Å²) in [6.07, 6.45) is -65.1. The first kappa shape index (κ1) is 35.7. The van der Waals surface area contributed by atoms with Gasteiger partial charge in [-0.05, 0) is 111 Å². The molecule has 0 saturated heterocycles. The predicted molar refractivity (Wildman–Crippen MR) is 398 cm³/mol. The van der Waals surface area contributed by atoms with Gasteiger partial charge in [-0.3, -0.25) is 0 Å². The van der Waals surface area contributed by atoms with Crippen LogP contribution in [0.25, 0.3) is 33.5 Å². The molecule has 0 unspecified atom stereocenters. The molecule has 0 radical (unpaired) electrons. The van der Waals surface area contributed by atoms with Gasteiger partial charge in [0, 0.05) is 106 Å². The average Bonchev–Trinajstić information content (AvgIpc) is 1.47. The molecule has 6 heterocycles. The van der Waals surface area contributed by atoms with E-state index >= 15 is 4.39 Å². The van der Waals surface area contributed by atoms with Crippen molar-refractivity contribution in [2.45, 2.75) is 223 Å². The molecule has 6 fully saturated rings. The molecule has 30 nitrogen and oxygen atoms in total. The molecule has 9 aromatic rings. The molecule has 12 N–H and O–H groups in total. The van der Waals surface area contributed by atoms with E-state index < -0.39 is 388 Å². The van der Waals surface area contributed by atoms with E-state index in [0.717, 1.165) is 34.6 Å². The van der Waals surface area contributed by atoms with Gasteiger partial charge in [0.05, 0.1) is 117 Å². The first-order valence-corrected chi connectivity index (χ1v) is 33.1. The van der Waals surface area contributed by atoms with E-state index in [0.29, 0.717) is 0 Å². The lowest BCUT2D eigenvalue weighted by Gasteiger charge is -2.17. The Hall–Kier alpha value is -7.14. The van der Waals surface area contributed by atoms with Crippen LogP contribution < -0.4 is 16.0 Å². The number of nitrogens with zero attached hydrogens (tertiary/aromatic N) is 15. The monoisotopic (exact) mass is 1610 g/mol. The van der Waals surface area contributed by atoms with Crippen molar-refractivity contribution in [2.24, 2.45) is 0 Å². The fraction of sp³-hybridized carbons (Fsp3) is 0.583. The largest absolute Gasteiger partial charge is 0.394 e. The first-order valence-electron chi connectivity index (χ1n) is 58.1. The van der Waals surface area contributed by atoms with Crippen LogP contribution in [0.4, 0.5) is 30.6 Å². The smallest absolute Gasteiger partial charge is 0.191 e. The predicted octanol–water partition coefficient (Wildman–Crippen LogP) is 6.55. The van der Waals surface area contributed by atoms with E-state index in [-0.39, 0.29) is 55.8 Å². The Labute approximate surface area is 710 Å². The lowest BCUT2D eigenvalue weighted by atomic mass is 10.1. The topological polar surface area (TPSA) is 415 Å². The summed E-state index contributed by atoms with van der Waals surface area (Å²) in [6.45, 7) is -8.84. The summed E-state index contributed by atoms with van der Waals surface area (Å²) in [7, 11) is 0. The van der Waals surface area contributed by atoms with Crippen LogP contribution >= 0.6 is 35.3 Å². The fourth-order valence-electron chi connectivity index (χ4n) is 9.16. The van der Waals surface area contributed by atoms with Crippen LogP contribution in [0.3, 0.4) is 0 Å². The molecule has 15 rings (SSSR count). The lowest BCUT2D eigenvalue weighted by Crippen LogP contribution is -2.33. The second-order valence-corrected chi connectivity index (χ2v) is 23.9. The second kappa shape index (κ2) is 35.1. The summed E-state index contributed by atoms with van der Waals surface area (Å²) < 4.78 is 520. The molecule has 0 aliphatic heterocycles. The van der Waals surface area contributed by atoms with Gasteiger partial charge in [0.1, 0.15) is 53.9 Å². The van der Waals surface area contributed by atoms with Crippen LogP contribution in [-0.2, 0) is 14.2 Å². The Morgan fingerprint density at radius 3 is 1.15 bits per heavy atom. The minimum Gasteiger partial charge on any atom is -0.394 e. The third kappa shape index (κ3) is 17.5. The van der Waals surface area contributed by atoms with Gasteiger partial charge in [-0.2, -0.15) is 0 Å². The molecule has 0 amide bonds. The Balaban J connectivity index is 0.000000201. The zero-order valence-electron chi connectivity index (χ0n) is 111. The molecule has 18 atom stereocenters. The number of hydrogen-bond acceptors (Lipinski definition) is 30. The van der Waals surface area contributed by atoms with Gasteiger partial charge < -0.3 is 76.1 Å². The van der Waals surface area contributed by atoms with E-state index in [9.17, 15) is 54.7 Å². The standard InChI is InChI=1S/3C24H31FN6O4S/c3*1-3-8-36-24-27-22(26-16-10-14(16)13-5-4-12(2)15(25)9-13)19-23(28-24)31(30-29-19)17-11-18(35-7-6-32)21(34)20(17)33/h3*4-5,9,14,16-18,20-21,32-34H,3,6-8,10-11H2,1-2H3,(H,26,27,28)/t3*14-,16+,17+,18-,20-,21+/m000/s1/i4D,5D,6D2,7D2,8D2,9D,10D2,11D2,14D,16D,17D,18D,20D,21D;3D2,4D,5D,6D2,8D2,9D,10D2,11D2,14D,16D,17D,18D,20D,21D;3D2,4D,5D,8D2,9D,10D2,11D2,14D,16D,17D,18D,20D,21D. The van der Waals surface area contributed by atoms with Crippen LogP contribution in [0.15, 0.2) is 69.9 Å². The number of aromatic nitrogens is 15. The van der Waals surface area contributed by atoms with Gasteiger partial charge in [-0.25, -0.2) is 57.1 Å². The number of fused-ring (bicyclic) bond motifs is 3. The van der Waals surface area contributed by atoms with Crippen molar-refractivity contribution >= 4 is 86.2 Å². The molecular weight excluding hydrogens is 1460 g/mol. The van der Waals surface area contributed by atoms with Crippen molar-refractivity contribution in [3.63, 3.8) is 0 Å². The van der Waals surface area contributed by atoms with Crippen LogP contribution in [0.5, 0.6) is 0 Å². The maximum Gasteiger partial charge on any atom is 0.191 e. The lowest BCUT2D eigenvalue weighted by molar-refractivity contribution is -0.0629. The van der Waals surface area contributed by atoms with Crippen molar-refractivity contribution in [2.75, 3.05) is 72.6 Å². The third-order valence-corrected chi connectivity index (χ3v) is 16.5. The molecule has 0 bridgehead atoms. The summed E-state index contributed by atoms with van der Waals surface area (Å²) in [5.74, 6) is -16.0. The Morgan fingerprint density at radius 1 is 0.481 bits per heavy atom. The van der Waals surface area contributed by atoms with Crippen LogP contribution in [0.1, 0.15) is 223 Å². The number of rotatable bonds is 30. The second-order valence-electron chi connectivity index (χ2n) is 21.5. The maximum absolute atomic E-state index is 15.0. The molecule has 6 aromatic heterocycles. The highest BCUT2D eigenvalue weighted by atomic mass is 32.2. The molecule has 36 heteroatoms. The summed E-state index contributed by atoms with van der Waals surface area (Å²) >= 11 is 0.0831. The number of hydrogen-bond donors (Lipinski definition) is 12. The minimum atomic E-state index is -4.48. The van der Waals surface area contributed by atoms with Crippen molar-refractivity contribution in [3.05, 3.63) is 105 Å². The molecule has 108 heavy (non-hydrogen) atoms. The summed E-state index contributed by atoms with van der Waals surface area (Å²) in [5.41, 5.74) is -18.2. The summed E-state index contributed by atoms with van der Waals surface area (Å²) in [5, 5.41) is 121. The number of benzene rings is 3. The molecule has 582 valence electrons. The first-order chi connectivity index (χ1) is 72.6. The molecule has 6 aliphatic rings. The van der Waals surface area contributed by atoms with E-state index in [1.54, 1.807) is 0 Å². The molecule has 3 aromatic carbocycles. The number of nitrogens with one attached hydrogen (secondary N) is 3. The van der Waals surface area contributed by atoms with Crippen molar-refractivity contribution in [1.29, 1.82) is 0 Å². The number of aliphatic hydroxyl groups is 9.